The minimum absolute atomic E-state index is 0.159. The van der Waals surface area contributed by atoms with E-state index in [-0.39, 0.29) is 48.5 Å². The van der Waals surface area contributed by atoms with Crippen molar-refractivity contribution in [2.45, 2.75) is 21.6 Å². The van der Waals surface area contributed by atoms with Crippen LogP contribution in [0.4, 0.5) is 28.7 Å². The maximum atomic E-state index is 12.5. The first kappa shape index (κ1) is 40.9. The molecule has 0 radical (unpaired) electrons. The van der Waals surface area contributed by atoms with Crippen LogP contribution in [0.2, 0.25) is 5.28 Å². The van der Waals surface area contributed by atoms with Crippen molar-refractivity contribution in [3.63, 3.8) is 0 Å². The monoisotopic (exact) mass is 898 g/mol. The topological polar surface area (TPSA) is 324 Å². The summed E-state index contributed by atoms with van der Waals surface area (Å²) >= 11 is 7.31. The van der Waals surface area contributed by atoms with Crippen LogP contribution in [0.5, 0.6) is 5.75 Å². The van der Waals surface area contributed by atoms with Gasteiger partial charge in [-0.05, 0) is 90.1 Å². The van der Waals surface area contributed by atoms with Gasteiger partial charge in [0, 0.05) is 11.3 Å². The summed E-state index contributed by atoms with van der Waals surface area (Å²) in [6.45, 7) is 1.55. The number of thiazole rings is 1. The van der Waals surface area contributed by atoms with Gasteiger partial charge < -0.3 is 15.5 Å². The van der Waals surface area contributed by atoms with Crippen LogP contribution < -0.4 is 10.9 Å². The first-order chi connectivity index (χ1) is 27.7. The van der Waals surface area contributed by atoms with Gasteiger partial charge in [-0.3, -0.25) is 18.6 Å². The number of rotatable bonds is 10. The summed E-state index contributed by atoms with van der Waals surface area (Å²) in [5.41, 5.74) is -0.569. The van der Waals surface area contributed by atoms with Gasteiger partial charge in [-0.1, -0.05) is 18.2 Å². The normalized spacial score (nSPS) is 12.8. The number of fused-ring (bicyclic) bond motifs is 2. The second kappa shape index (κ2) is 15.2. The Hall–Kier alpha value is -6.25. The molecule has 7 aromatic rings. The van der Waals surface area contributed by atoms with E-state index < -0.39 is 63.2 Å². The number of H-pyrrole nitrogens is 1. The number of aromatic nitrogens is 4. The molecule has 0 spiro atoms. The predicted molar refractivity (Wildman–Crippen MR) is 212 cm³/mol. The van der Waals surface area contributed by atoms with E-state index in [4.69, 9.17) is 11.6 Å². The molecule has 0 bridgehead atoms. The van der Waals surface area contributed by atoms with E-state index in [2.05, 4.69) is 40.5 Å². The standard InChI is InChI=1S/C34H23ClN8O12S4/c1-15-6-11-22-28(29(15)59(53,54)55)56-30(37-22)16-7-9-18(10-8-16)36-33-39-32(35)40-34(41-33)38-23-14-19(57(47,48)49)12-17-13-24(58(50,51)52)26(27(44)25(17)23)43-42-21-5-3-2-4-20(21)31(45)46/h2-14,44H,1H3,(H,45,46)(H,47,48,49)(H,50,51,52)(H,53,54,55)(H2,36,38,39,40,41). The van der Waals surface area contributed by atoms with Crippen LogP contribution in [0.25, 0.3) is 31.6 Å². The zero-order chi connectivity index (χ0) is 42.6. The van der Waals surface area contributed by atoms with Crippen molar-refractivity contribution in [2.75, 3.05) is 5.32 Å². The van der Waals surface area contributed by atoms with Crippen molar-refractivity contribution in [3.05, 3.63) is 101 Å². The third-order valence-electron chi connectivity index (χ3n) is 8.28. The Morgan fingerprint density at radius 1 is 0.831 bits per heavy atom. The highest BCUT2D eigenvalue weighted by atomic mass is 35.5. The van der Waals surface area contributed by atoms with E-state index in [0.29, 0.717) is 27.3 Å². The number of aryl methyl sites for hydroxylation is 1. The first-order valence-electron chi connectivity index (χ1n) is 16.1. The molecule has 2 aromatic heterocycles. The van der Waals surface area contributed by atoms with Gasteiger partial charge in [-0.15, -0.1) is 21.6 Å². The molecule has 20 nitrogen and oxygen atoms in total. The maximum Gasteiger partial charge on any atom is 0.337 e. The van der Waals surface area contributed by atoms with Gasteiger partial charge in [0.15, 0.2) is 5.75 Å². The molecule has 0 fully saturated rings. The third kappa shape index (κ3) is 8.50. The molecule has 0 unspecified atom stereocenters. The Kier molecular flexibility index (Phi) is 10.5. The van der Waals surface area contributed by atoms with Crippen molar-refractivity contribution in [2.24, 2.45) is 15.2 Å². The number of phenolic OH excluding ortho intramolecular Hbond substituents is 1. The molecule has 0 aliphatic heterocycles. The lowest BCUT2D eigenvalue weighted by atomic mass is 10.1. The number of aromatic hydroxyl groups is 1. The molecule has 302 valence electrons. The van der Waals surface area contributed by atoms with Crippen molar-refractivity contribution in [3.8, 4) is 16.3 Å². The van der Waals surface area contributed by atoms with Crippen LogP contribution in [-0.4, -0.2) is 75.0 Å². The summed E-state index contributed by atoms with van der Waals surface area (Å²) in [7, 11) is -14.8. The number of carboxylic acid groups (broad SMARTS) is 1. The Labute approximate surface area is 340 Å². The number of halogens is 1. The van der Waals surface area contributed by atoms with Crippen molar-refractivity contribution < 1.29 is 53.9 Å². The van der Waals surface area contributed by atoms with E-state index in [1.54, 1.807) is 37.3 Å². The summed E-state index contributed by atoms with van der Waals surface area (Å²) in [6, 6.07) is 17.3. The third-order valence-corrected chi connectivity index (χ3v) is 12.5. The Balaban J connectivity index is 1.31. The molecule has 2 heterocycles. The molecule has 7 N–H and O–H groups in total. The Morgan fingerprint density at radius 3 is 2.20 bits per heavy atom. The molecule has 7 rings (SSSR count). The first-order valence-corrected chi connectivity index (χ1v) is 21.7. The molecule has 0 atom stereocenters. The number of phenols is 1. The van der Waals surface area contributed by atoms with E-state index in [9.17, 15) is 53.9 Å². The maximum absolute atomic E-state index is 12.5. The molecule has 25 heteroatoms. The quantitative estimate of drug-likeness (QED) is 0.0552. The lowest BCUT2D eigenvalue weighted by Crippen LogP contribution is -2.16. The van der Waals surface area contributed by atoms with Crippen molar-refractivity contribution in [1.82, 2.24) is 19.9 Å². The number of hydrogen-bond donors (Lipinski definition) is 7. The zero-order valence-electron chi connectivity index (χ0n) is 29.3. The molecule has 59 heavy (non-hydrogen) atoms. The fraction of sp³-hybridized carbons (Fsp3) is 0.0294. The van der Waals surface area contributed by atoms with E-state index in [0.717, 1.165) is 29.5 Å². The van der Waals surface area contributed by atoms with Gasteiger partial charge in [-0.25, -0.2) is 14.8 Å². The summed E-state index contributed by atoms with van der Waals surface area (Å²) in [6.07, 6.45) is 0. The molecule has 0 aliphatic rings. The SMILES string of the molecule is Cc1ccc2nc(-c3ccc(Nc4nc(Cl)[nH]c(=Nc5cc(S(=O)(=O)O)cc6cc(S(=O)(=O)O)c(N=Nc7ccccc7C(=O)O)c(O)c56)n4)cc3)sc2c1S(=O)(=O)O. The average Bonchev–Trinajstić information content (AvgIpc) is 3.57. The lowest BCUT2D eigenvalue weighted by Gasteiger charge is -2.12. The van der Waals surface area contributed by atoms with Gasteiger partial charge >= 0.3 is 5.97 Å². The van der Waals surface area contributed by atoms with E-state index in [1.165, 1.54) is 30.3 Å². The van der Waals surface area contributed by atoms with Crippen LogP contribution in [0, 0.1) is 6.92 Å². The van der Waals surface area contributed by atoms with E-state index >= 15 is 0 Å². The summed E-state index contributed by atoms with van der Waals surface area (Å²) in [5.74, 6) is -2.57. The molecule has 5 aromatic carbocycles. The molecule has 0 saturated carbocycles. The number of hydrogen-bond acceptors (Lipinski definition) is 16. The van der Waals surface area contributed by atoms with E-state index in [1.807, 2.05) is 0 Å². The van der Waals surface area contributed by atoms with Crippen LogP contribution >= 0.6 is 22.9 Å². The van der Waals surface area contributed by atoms with Crippen LogP contribution in [0.1, 0.15) is 15.9 Å². The number of nitrogens with one attached hydrogen (secondary N) is 2. The lowest BCUT2D eigenvalue weighted by molar-refractivity contribution is 0.0697. The number of aromatic amines is 1. The summed E-state index contributed by atoms with van der Waals surface area (Å²) in [5, 5.41) is 30.8. The number of azo groups is 1. The van der Waals surface area contributed by atoms with Gasteiger partial charge in [0.2, 0.25) is 16.9 Å². The fourth-order valence-corrected chi connectivity index (χ4v) is 9.42. The van der Waals surface area contributed by atoms with Crippen LogP contribution in [0.15, 0.2) is 109 Å². The second-order valence-electron chi connectivity index (χ2n) is 12.2. The highest BCUT2D eigenvalue weighted by molar-refractivity contribution is 7.86. The summed E-state index contributed by atoms with van der Waals surface area (Å²) < 4.78 is 104. The molecule has 0 amide bonds. The van der Waals surface area contributed by atoms with Gasteiger partial charge in [0.1, 0.15) is 26.2 Å². The predicted octanol–water partition coefficient (Wildman–Crippen LogP) is 6.73. The number of nitrogens with zero attached hydrogens (tertiary/aromatic N) is 6. The van der Waals surface area contributed by atoms with Gasteiger partial charge in [-0.2, -0.15) is 35.2 Å². The largest absolute Gasteiger partial charge is 0.505 e. The van der Waals surface area contributed by atoms with Crippen LogP contribution in [-0.2, 0) is 30.4 Å². The van der Waals surface area contributed by atoms with Gasteiger partial charge in [0.25, 0.3) is 30.4 Å². The number of carboxylic acids is 1. The second-order valence-corrected chi connectivity index (χ2v) is 17.8. The van der Waals surface area contributed by atoms with Crippen molar-refractivity contribution >= 4 is 109 Å². The van der Waals surface area contributed by atoms with Gasteiger partial charge in [0.05, 0.1) is 31.7 Å². The molecular weight excluding hydrogens is 876 g/mol. The minimum atomic E-state index is -5.23. The average molecular weight is 899 g/mol. The number of carbonyl (C=O) groups is 1. The highest BCUT2D eigenvalue weighted by Gasteiger charge is 2.26. The number of anilines is 2. The van der Waals surface area contributed by atoms with Crippen molar-refractivity contribution in [1.29, 1.82) is 0 Å². The Morgan fingerprint density at radius 2 is 1.54 bits per heavy atom. The zero-order valence-corrected chi connectivity index (χ0v) is 33.3. The number of aromatic carboxylic acids is 1. The van der Waals surface area contributed by atoms with Crippen LogP contribution in [0.3, 0.4) is 0 Å². The Bertz CT molecular complexity index is 3360. The summed E-state index contributed by atoms with van der Waals surface area (Å²) in [4.78, 5) is 29.2. The fourth-order valence-electron chi connectivity index (χ4n) is 5.74. The molecule has 0 saturated heterocycles. The smallest absolute Gasteiger partial charge is 0.337 e. The highest BCUT2D eigenvalue weighted by Crippen LogP contribution is 2.46. The minimum Gasteiger partial charge on any atom is -0.505 e. The number of benzene rings is 5. The molecule has 0 aliphatic carbocycles. The molecular formula is C34H23ClN8O12S4.